The van der Waals surface area contributed by atoms with E-state index in [1.807, 2.05) is 6.08 Å². The lowest BCUT2D eigenvalue weighted by atomic mass is 9.87. The topological polar surface area (TPSA) is 26.3 Å². The molecule has 0 spiro atoms. The number of hydrogen-bond acceptors (Lipinski definition) is 2. The van der Waals surface area contributed by atoms with Gasteiger partial charge in [0.25, 0.3) is 0 Å². The van der Waals surface area contributed by atoms with Crippen LogP contribution in [0.25, 0.3) is 0 Å². The van der Waals surface area contributed by atoms with Crippen LogP contribution in [0.3, 0.4) is 0 Å². The highest BCUT2D eigenvalue weighted by atomic mass is 16.5. The molecule has 0 bridgehead atoms. The molecular formula is C10H16O2. The van der Waals surface area contributed by atoms with Gasteiger partial charge in [0.2, 0.25) is 0 Å². The Hall–Kier alpha value is -0.790. The SMILES string of the molecule is C=CC1CCC(OC(C)=O)CC1. The first kappa shape index (κ1) is 9.30. The molecular weight excluding hydrogens is 152 g/mol. The summed E-state index contributed by atoms with van der Waals surface area (Å²) in [5, 5.41) is 0. The Kier molecular flexibility index (Phi) is 3.32. The minimum absolute atomic E-state index is 0.156. The number of rotatable bonds is 2. The van der Waals surface area contributed by atoms with Crippen molar-refractivity contribution in [1.82, 2.24) is 0 Å². The smallest absolute Gasteiger partial charge is 0.302 e. The third kappa shape index (κ3) is 2.68. The Balaban J connectivity index is 2.26. The summed E-state index contributed by atoms with van der Waals surface area (Å²) in [5.41, 5.74) is 0. The molecule has 0 amide bonds. The summed E-state index contributed by atoms with van der Waals surface area (Å²) in [5.74, 6) is 0.480. The third-order valence-electron chi connectivity index (χ3n) is 2.38. The Morgan fingerprint density at radius 2 is 2.00 bits per heavy atom. The molecule has 1 saturated carbocycles. The van der Waals surface area contributed by atoms with E-state index in [1.54, 1.807) is 0 Å². The fourth-order valence-corrected chi connectivity index (χ4v) is 1.68. The number of hydrogen-bond donors (Lipinski definition) is 0. The Morgan fingerprint density at radius 1 is 1.42 bits per heavy atom. The third-order valence-corrected chi connectivity index (χ3v) is 2.38. The van der Waals surface area contributed by atoms with E-state index in [0.29, 0.717) is 5.92 Å². The highest BCUT2D eigenvalue weighted by Gasteiger charge is 2.20. The maximum atomic E-state index is 10.6. The summed E-state index contributed by atoms with van der Waals surface area (Å²) >= 11 is 0. The van der Waals surface area contributed by atoms with Gasteiger partial charge in [-0.3, -0.25) is 4.79 Å². The van der Waals surface area contributed by atoms with Gasteiger partial charge in [0, 0.05) is 6.92 Å². The summed E-state index contributed by atoms with van der Waals surface area (Å²) in [6.45, 7) is 5.23. The Bertz CT molecular complexity index is 167. The van der Waals surface area contributed by atoms with E-state index >= 15 is 0 Å². The van der Waals surface area contributed by atoms with Gasteiger partial charge in [0.1, 0.15) is 6.10 Å². The van der Waals surface area contributed by atoms with E-state index in [2.05, 4.69) is 6.58 Å². The fourth-order valence-electron chi connectivity index (χ4n) is 1.68. The van der Waals surface area contributed by atoms with E-state index in [4.69, 9.17) is 4.74 Å². The Morgan fingerprint density at radius 3 is 2.42 bits per heavy atom. The van der Waals surface area contributed by atoms with E-state index in [1.165, 1.54) is 6.92 Å². The van der Waals surface area contributed by atoms with Crippen LogP contribution in [-0.4, -0.2) is 12.1 Å². The molecule has 0 aromatic rings. The first-order chi connectivity index (χ1) is 5.72. The zero-order valence-electron chi connectivity index (χ0n) is 7.58. The minimum Gasteiger partial charge on any atom is -0.463 e. The zero-order valence-corrected chi connectivity index (χ0v) is 7.58. The van der Waals surface area contributed by atoms with Crippen molar-refractivity contribution in [1.29, 1.82) is 0 Å². The van der Waals surface area contributed by atoms with Gasteiger partial charge >= 0.3 is 5.97 Å². The van der Waals surface area contributed by atoms with Gasteiger partial charge < -0.3 is 4.74 Å². The van der Waals surface area contributed by atoms with Gasteiger partial charge in [-0.05, 0) is 31.6 Å². The van der Waals surface area contributed by atoms with Crippen molar-refractivity contribution in [2.45, 2.75) is 38.7 Å². The molecule has 0 aromatic carbocycles. The van der Waals surface area contributed by atoms with Gasteiger partial charge in [-0.1, -0.05) is 6.08 Å². The molecule has 0 atom stereocenters. The van der Waals surface area contributed by atoms with Crippen molar-refractivity contribution >= 4 is 5.97 Å². The molecule has 68 valence electrons. The molecule has 1 aliphatic rings. The lowest BCUT2D eigenvalue weighted by molar-refractivity contribution is -0.147. The fraction of sp³-hybridized carbons (Fsp3) is 0.700. The second-order valence-corrected chi connectivity index (χ2v) is 3.38. The van der Waals surface area contributed by atoms with Crippen LogP contribution in [0.2, 0.25) is 0 Å². The summed E-state index contributed by atoms with van der Waals surface area (Å²) < 4.78 is 5.11. The van der Waals surface area contributed by atoms with Gasteiger partial charge in [0.15, 0.2) is 0 Å². The van der Waals surface area contributed by atoms with Crippen molar-refractivity contribution in [3.63, 3.8) is 0 Å². The van der Waals surface area contributed by atoms with Crippen LogP contribution in [0, 0.1) is 5.92 Å². The molecule has 0 aromatic heterocycles. The molecule has 1 fully saturated rings. The second-order valence-electron chi connectivity index (χ2n) is 3.38. The number of carbonyl (C=O) groups excluding carboxylic acids is 1. The molecule has 2 nitrogen and oxygen atoms in total. The van der Waals surface area contributed by atoms with Crippen LogP contribution in [-0.2, 0) is 9.53 Å². The molecule has 0 unspecified atom stereocenters. The summed E-state index contributed by atoms with van der Waals surface area (Å²) in [7, 11) is 0. The van der Waals surface area contributed by atoms with E-state index in [9.17, 15) is 4.79 Å². The predicted molar refractivity (Wildman–Crippen MR) is 47.7 cm³/mol. The van der Waals surface area contributed by atoms with Crippen molar-refractivity contribution in [3.8, 4) is 0 Å². The van der Waals surface area contributed by atoms with Crippen LogP contribution in [0.15, 0.2) is 12.7 Å². The van der Waals surface area contributed by atoms with Gasteiger partial charge in [-0.15, -0.1) is 6.58 Å². The molecule has 12 heavy (non-hydrogen) atoms. The molecule has 0 radical (unpaired) electrons. The lowest BCUT2D eigenvalue weighted by Crippen LogP contribution is -2.22. The number of ether oxygens (including phenoxy) is 1. The van der Waals surface area contributed by atoms with Crippen LogP contribution < -0.4 is 0 Å². The summed E-state index contributed by atoms with van der Waals surface area (Å²) in [4.78, 5) is 10.6. The van der Waals surface area contributed by atoms with E-state index in [-0.39, 0.29) is 12.1 Å². The molecule has 0 aliphatic heterocycles. The minimum atomic E-state index is -0.156. The Labute approximate surface area is 73.6 Å². The maximum Gasteiger partial charge on any atom is 0.302 e. The van der Waals surface area contributed by atoms with E-state index < -0.39 is 0 Å². The maximum absolute atomic E-state index is 10.6. The molecule has 2 heteroatoms. The van der Waals surface area contributed by atoms with Gasteiger partial charge in [0.05, 0.1) is 0 Å². The van der Waals surface area contributed by atoms with Crippen LogP contribution in [0.4, 0.5) is 0 Å². The first-order valence-electron chi connectivity index (χ1n) is 4.52. The molecule has 0 N–H and O–H groups in total. The average molecular weight is 168 g/mol. The second kappa shape index (κ2) is 4.29. The van der Waals surface area contributed by atoms with Crippen LogP contribution >= 0.6 is 0 Å². The largest absolute Gasteiger partial charge is 0.463 e. The van der Waals surface area contributed by atoms with Crippen LogP contribution in [0.5, 0.6) is 0 Å². The van der Waals surface area contributed by atoms with Crippen molar-refractivity contribution in [2.24, 2.45) is 5.92 Å². The zero-order chi connectivity index (χ0) is 8.97. The monoisotopic (exact) mass is 168 g/mol. The highest BCUT2D eigenvalue weighted by molar-refractivity contribution is 5.66. The summed E-state index contributed by atoms with van der Waals surface area (Å²) in [6, 6.07) is 0. The number of allylic oxidation sites excluding steroid dienone is 1. The van der Waals surface area contributed by atoms with Gasteiger partial charge in [-0.2, -0.15) is 0 Å². The molecule has 0 saturated heterocycles. The average Bonchev–Trinajstić information content (AvgIpc) is 2.05. The molecule has 0 heterocycles. The number of esters is 1. The lowest BCUT2D eigenvalue weighted by Gasteiger charge is -2.25. The predicted octanol–water partition coefficient (Wildman–Crippen LogP) is 2.29. The van der Waals surface area contributed by atoms with Crippen molar-refractivity contribution in [3.05, 3.63) is 12.7 Å². The quantitative estimate of drug-likeness (QED) is 0.467. The van der Waals surface area contributed by atoms with Crippen LogP contribution in [0.1, 0.15) is 32.6 Å². The first-order valence-corrected chi connectivity index (χ1v) is 4.52. The summed E-state index contributed by atoms with van der Waals surface area (Å²) in [6.07, 6.45) is 6.39. The van der Waals surface area contributed by atoms with E-state index in [0.717, 1.165) is 25.7 Å². The molecule has 1 rings (SSSR count). The highest BCUT2D eigenvalue weighted by Crippen LogP contribution is 2.26. The molecule has 1 aliphatic carbocycles. The van der Waals surface area contributed by atoms with Crippen molar-refractivity contribution in [2.75, 3.05) is 0 Å². The standard InChI is InChI=1S/C10H16O2/c1-3-9-4-6-10(7-5-9)12-8(2)11/h3,9-10H,1,4-7H2,2H3. The normalized spacial score (nSPS) is 29.4. The van der Waals surface area contributed by atoms with Gasteiger partial charge in [-0.25, -0.2) is 0 Å². The number of carbonyl (C=O) groups is 1. The van der Waals surface area contributed by atoms with Crippen molar-refractivity contribution < 1.29 is 9.53 Å².